The summed E-state index contributed by atoms with van der Waals surface area (Å²) in [7, 11) is -4.40. The highest BCUT2D eigenvalue weighted by molar-refractivity contribution is 7.47. The molecule has 0 rings (SSSR count). The lowest BCUT2D eigenvalue weighted by Crippen LogP contribution is -2.29. The Hall–Kier alpha value is -4.37. The zero-order valence-corrected chi connectivity index (χ0v) is 66.2. The highest BCUT2D eigenvalue weighted by atomic mass is 31.2. The summed E-state index contributed by atoms with van der Waals surface area (Å²) in [6, 6.07) is 0. The molecule has 0 heterocycles. The molecule has 0 bridgehead atoms. The predicted octanol–water partition coefficient (Wildman–Crippen LogP) is 28.6. The van der Waals surface area contributed by atoms with Gasteiger partial charge in [0.2, 0.25) is 0 Å². The number of carbonyl (C=O) groups is 2. The van der Waals surface area contributed by atoms with Gasteiger partial charge in [0.25, 0.3) is 0 Å². The van der Waals surface area contributed by atoms with Gasteiger partial charge in [-0.1, -0.05) is 397 Å². The lowest BCUT2D eigenvalue weighted by molar-refractivity contribution is -0.161. The molecule has 0 amide bonds. The number of allylic oxidation sites excluding steroid dienone is 26. The maximum Gasteiger partial charge on any atom is 0.472 e. The topological polar surface area (TPSA) is 134 Å². The van der Waals surface area contributed by atoms with E-state index in [-0.39, 0.29) is 38.6 Å². The molecule has 101 heavy (non-hydrogen) atoms. The zero-order chi connectivity index (χ0) is 72.9. The summed E-state index contributed by atoms with van der Waals surface area (Å²) in [5, 5.41) is 0. The average Bonchev–Trinajstić information content (AvgIpc) is 1.01. The molecule has 0 aromatic heterocycles. The summed E-state index contributed by atoms with van der Waals surface area (Å²) in [6.07, 6.45) is 124. The first-order chi connectivity index (χ1) is 49.8. The molecule has 0 radical (unpaired) electrons. The molecule has 0 spiro atoms. The molecule has 0 aromatic rings. The van der Waals surface area contributed by atoms with Gasteiger partial charge in [-0.3, -0.25) is 18.6 Å². The van der Waals surface area contributed by atoms with Crippen LogP contribution in [0, 0.1) is 0 Å². The Kier molecular flexibility index (Phi) is 80.9. The van der Waals surface area contributed by atoms with Gasteiger partial charge in [-0.15, -0.1) is 0 Å². The normalized spacial score (nSPS) is 13.7. The largest absolute Gasteiger partial charge is 0.472 e. The monoisotopic (exact) mass is 1420 g/mol. The first-order valence-electron chi connectivity index (χ1n) is 42.0. The first kappa shape index (κ1) is 96.6. The van der Waals surface area contributed by atoms with Crippen LogP contribution in [0.25, 0.3) is 0 Å². The highest BCUT2D eigenvalue weighted by Crippen LogP contribution is 2.43. The van der Waals surface area contributed by atoms with E-state index in [0.29, 0.717) is 6.42 Å². The van der Waals surface area contributed by atoms with Crippen LogP contribution in [0.1, 0.15) is 373 Å². The second-order valence-corrected chi connectivity index (χ2v) is 29.0. The van der Waals surface area contributed by atoms with Crippen LogP contribution in [0.2, 0.25) is 0 Å². The summed E-state index contributed by atoms with van der Waals surface area (Å²) < 4.78 is 33.3. The van der Waals surface area contributed by atoms with Crippen LogP contribution >= 0.6 is 7.82 Å². The van der Waals surface area contributed by atoms with Gasteiger partial charge in [0.1, 0.15) is 6.61 Å². The molecule has 10 heteroatoms. The van der Waals surface area contributed by atoms with E-state index in [4.69, 9.17) is 24.3 Å². The number of hydrogen-bond acceptors (Lipinski definition) is 8. The van der Waals surface area contributed by atoms with Gasteiger partial charge in [-0.25, -0.2) is 4.57 Å². The molecule has 0 aliphatic rings. The van der Waals surface area contributed by atoms with Gasteiger partial charge in [-0.2, -0.15) is 0 Å². The number of ether oxygens (including phenoxy) is 2. The smallest absolute Gasteiger partial charge is 0.462 e. The second kappa shape index (κ2) is 84.6. The van der Waals surface area contributed by atoms with Gasteiger partial charge >= 0.3 is 19.8 Å². The SMILES string of the molecule is CC/C=C\C/C=C\C/C=C\C/C=C\C/C=C\C/C=C\C/C=C\C/C=C\CCCCCCCCCCCCCCCCC(=O)OC(COC(=O)CCCCCCCCCCCCCCCCCCCCCCCCCCC/C=C\C/C=C\C/C=C\C/C=C\C/C=C\CC)COP(=O)(O)OCCN. The Morgan fingerprint density at radius 1 is 0.297 bits per heavy atom. The van der Waals surface area contributed by atoms with Crippen molar-refractivity contribution in [2.45, 2.75) is 380 Å². The van der Waals surface area contributed by atoms with E-state index in [2.05, 4.69) is 172 Å². The van der Waals surface area contributed by atoms with Gasteiger partial charge in [-0.05, 0) is 122 Å². The molecule has 578 valence electrons. The van der Waals surface area contributed by atoms with Crippen molar-refractivity contribution in [1.82, 2.24) is 0 Å². The summed E-state index contributed by atoms with van der Waals surface area (Å²) in [4.78, 5) is 35.5. The van der Waals surface area contributed by atoms with Crippen molar-refractivity contribution < 1.29 is 37.6 Å². The lowest BCUT2D eigenvalue weighted by Gasteiger charge is -2.19. The molecule has 0 saturated heterocycles. The van der Waals surface area contributed by atoms with Crippen LogP contribution in [0.15, 0.2) is 158 Å². The number of unbranched alkanes of at least 4 members (excludes halogenated alkanes) is 39. The summed E-state index contributed by atoms with van der Waals surface area (Å²) in [5.74, 6) is -0.818. The van der Waals surface area contributed by atoms with Crippen molar-refractivity contribution in [2.24, 2.45) is 5.73 Å². The fraction of sp³-hybridized carbons (Fsp3) is 0.692. The van der Waals surface area contributed by atoms with Crippen molar-refractivity contribution in [3.05, 3.63) is 158 Å². The molecular weight excluding hydrogens is 1270 g/mol. The first-order valence-corrected chi connectivity index (χ1v) is 43.5. The summed E-state index contributed by atoms with van der Waals surface area (Å²) >= 11 is 0. The molecule has 0 saturated carbocycles. The fourth-order valence-electron chi connectivity index (χ4n) is 11.8. The highest BCUT2D eigenvalue weighted by Gasteiger charge is 2.26. The lowest BCUT2D eigenvalue weighted by atomic mass is 10.0. The van der Waals surface area contributed by atoms with E-state index in [0.717, 1.165) is 122 Å². The number of nitrogens with two attached hydrogens (primary N) is 1. The zero-order valence-electron chi connectivity index (χ0n) is 65.3. The van der Waals surface area contributed by atoms with Gasteiger partial charge < -0.3 is 20.1 Å². The van der Waals surface area contributed by atoms with Crippen LogP contribution in [0.5, 0.6) is 0 Å². The minimum Gasteiger partial charge on any atom is -0.462 e. The van der Waals surface area contributed by atoms with Gasteiger partial charge in [0, 0.05) is 19.4 Å². The number of hydrogen-bond donors (Lipinski definition) is 2. The Morgan fingerprint density at radius 3 is 0.762 bits per heavy atom. The van der Waals surface area contributed by atoms with Crippen molar-refractivity contribution in [2.75, 3.05) is 26.4 Å². The third kappa shape index (κ3) is 84.5. The second-order valence-electron chi connectivity index (χ2n) is 27.6. The summed E-state index contributed by atoms with van der Waals surface area (Å²) in [5.41, 5.74) is 5.42. The fourth-order valence-corrected chi connectivity index (χ4v) is 12.6. The number of phosphoric ester groups is 1. The average molecular weight is 1420 g/mol. The molecule has 2 atom stereocenters. The van der Waals surface area contributed by atoms with E-state index in [1.165, 1.54) is 218 Å². The maximum absolute atomic E-state index is 12.8. The molecule has 2 unspecified atom stereocenters. The van der Waals surface area contributed by atoms with Crippen molar-refractivity contribution in [3.63, 3.8) is 0 Å². The molecule has 0 aromatic carbocycles. The Morgan fingerprint density at radius 2 is 0.515 bits per heavy atom. The van der Waals surface area contributed by atoms with Gasteiger partial charge in [0.15, 0.2) is 6.10 Å². The Labute approximate surface area is 623 Å². The number of rotatable bonds is 78. The Balaban J connectivity index is 3.80. The van der Waals surface area contributed by atoms with Crippen molar-refractivity contribution in [3.8, 4) is 0 Å². The van der Waals surface area contributed by atoms with E-state index in [9.17, 15) is 19.0 Å². The third-order valence-corrected chi connectivity index (χ3v) is 18.9. The Bertz CT molecular complexity index is 2230. The minimum absolute atomic E-state index is 0.0500. The van der Waals surface area contributed by atoms with Crippen LogP contribution in [-0.4, -0.2) is 49.3 Å². The standard InChI is InChI=1S/C91H156NO8P/c1-3-5-7-9-11-13-15-17-19-21-23-25-27-29-31-33-35-37-39-41-43-44-46-47-49-51-53-55-57-59-61-63-65-67-69-71-73-75-77-79-81-83-90(93)97-87-89(88-99-101(95,96)98-86-85-92)100-91(94)84-82-80-78-76-74-72-70-68-66-64-62-60-58-56-54-52-50-48-45-42-40-38-36-34-32-30-28-26-24-22-20-18-16-14-12-10-8-6-4-2/h5-8,11-14,17-20,23-26,29-32,36,38,42,45,50,52,89H,3-4,9-10,15-16,21-22,27-28,33-35,37,39-41,43-44,46-49,51,53-88,92H2,1-2H3,(H,95,96)/b7-5-,8-6-,13-11-,14-12-,19-17-,20-18-,25-23-,26-24-,31-29-,32-30-,38-36-,45-42-,52-50-. The van der Waals surface area contributed by atoms with Crippen LogP contribution in [0.4, 0.5) is 0 Å². The number of esters is 2. The van der Waals surface area contributed by atoms with E-state index in [1.54, 1.807) is 0 Å². The number of carbonyl (C=O) groups excluding carboxylic acids is 2. The maximum atomic E-state index is 12.8. The van der Waals surface area contributed by atoms with E-state index < -0.39 is 26.5 Å². The molecule has 0 fully saturated rings. The number of phosphoric acid groups is 1. The molecule has 0 aliphatic carbocycles. The van der Waals surface area contributed by atoms with E-state index in [1.807, 2.05) is 0 Å². The molecule has 9 nitrogen and oxygen atoms in total. The quantitative estimate of drug-likeness (QED) is 0.0264. The minimum atomic E-state index is -4.40. The van der Waals surface area contributed by atoms with Crippen LogP contribution in [0.3, 0.4) is 0 Å². The molecule has 3 N–H and O–H groups in total. The molecular formula is C91H156NO8P. The summed E-state index contributed by atoms with van der Waals surface area (Å²) in [6.45, 7) is 3.55. The predicted molar refractivity (Wildman–Crippen MR) is 440 cm³/mol. The van der Waals surface area contributed by atoms with E-state index >= 15 is 0 Å². The van der Waals surface area contributed by atoms with Crippen LogP contribution < -0.4 is 5.73 Å². The third-order valence-electron chi connectivity index (χ3n) is 17.9. The van der Waals surface area contributed by atoms with Gasteiger partial charge in [0.05, 0.1) is 13.2 Å². The van der Waals surface area contributed by atoms with Crippen LogP contribution in [-0.2, 0) is 32.7 Å². The van der Waals surface area contributed by atoms with Crippen molar-refractivity contribution >= 4 is 19.8 Å². The molecule has 0 aliphatic heterocycles. The van der Waals surface area contributed by atoms with Crippen molar-refractivity contribution in [1.29, 1.82) is 0 Å².